The van der Waals surface area contributed by atoms with Gasteiger partial charge in [0.1, 0.15) is 0 Å². The predicted octanol–water partition coefficient (Wildman–Crippen LogP) is 2.59. The average molecular weight is 266 g/mol. The molecule has 15 heavy (non-hydrogen) atoms. The maximum Gasteiger partial charge on any atom is 0.0918 e. The normalized spacial score (nSPS) is 13.0. The molecule has 1 atom stereocenters. The molecular formula is C12H12BrNO. The Labute approximate surface area is 96.8 Å². The third kappa shape index (κ3) is 1.91. The van der Waals surface area contributed by atoms with Crippen molar-refractivity contribution in [3.63, 3.8) is 0 Å². The molecule has 0 aliphatic carbocycles. The lowest BCUT2D eigenvalue weighted by Crippen LogP contribution is -2.11. The minimum atomic E-state index is -0.594. The van der Waals surface area contributed by atoms with E-state index in [-0.39, 0.29) is 6.54 Å². The van der Waals surface area contributed by atoms with Crippen LogP contribution in [-0.4, -0.2) is 11.7 Å². The molecule has 2 rings (SSSR count). The van der Waals surface area contributed by atoms with Gasteiger partial charge in [-0.1, -0.05) is 46.3 Å². The number of hydrogen-bond donors (Lipinski definition) is 2. The second kappa shape index (κ2) is 4.31. The van der Waals surface area contributed by atoms with Crippen molar-refractivity contribution in [2.75, 3.05) is 6.54 Å². The lowest BCUT2D eigenvalue weighted by molar-refractivity contribution is 0.188. The summed E-state index contributed by atoms with van der Waals surface area (Å²) in [6, 6.07) is 11.8. The summed E-state index contributed by atoms with van der Waals surface area (Å²) in [4.78, 5) is 0. The lowest BCUT2D eigenvalue weighted by Gasteiger charge is -2.12. The molecule has 78 valence electrons. The molecule has 3 N–H and O–H groups in total. The molecule has 0 fully saturated rings. The van der Waals surface area contributed by atoms with Gasteiger partial charge >= 0.3 is 0 Å². The number of rotatable bonds is 2. The van der Waals surface area contributed by atoms with Crippen LogP contribution in [0.15, 0.2) is 40.9 Å². The summed E-state index contributed by atoms with van der Waals surface area (Å²) < 4.78 is 1.03. The molecule has 0 saturated heterocycles. The fourth-order valence-corrected chi connectivity index (χ4v) is 2.18. The Morgan fingerprint density at radius 2 is 1.80 bits per heavy atom. The van der Waals surface area contributed by atoms with Gasteiger partial charge in [-0.25, -0.2) is 0 Å². The zero-order valence-electron chi connectivity index (χ0n) is 8.15. The standard InChI is InChI=1S/C12H12BrNO/c13-11-6-5-10(12(15)7-14)8-3-1-2-4-9(8)11/h1-6,12,15H,7,14H2/t12-/m0/s1. The molecule has 0 radical (unpaired) electrons. The number of aliphatic hydroxyl groups is 1. The van der Waals surface area contributed by atoms with Crippen molar-refractivity contribution >= 4 is 26.7 Å². The Morgan fingerprint density at radius 1 is 1.13 bits per heavy atom. The van der Waals surface area contributed by atoms with E-state index in [1.54, 1.807) is 0 Å². The molecule has 0 spiro atoms. The molecule has 0 aliphatic rings. The fraction of sp³-hybridized carbons (Fsp3) is 0.167. The SMILES string of the molecule is NC[C@H](O)c1ccc(Br)c2ccccc12. The average Bonchev–Trinajstić information content (AvgIpc) is 2.29. The highest BCUT2D eigenvalue weighted by Crippen LogP contribution is 2.29. The second-order valence-corrected chi connectivity index (χ2v) is 4.29. The van der Waals surface area contributed by atoms with E-state index < -0.39 is 6.10 Å². The summed E-state index contributed by atoms with van der Waals surface area (Å²) in [5.41, 5.74) is 6.36. The topological polar surface area (TPSA) is 46.2 Å². The van der Waals surface area contributed by atoms with E-state index in [1.807, 2.05) is 36.4 Å². The van der Waals surface area contributed by atoms with E-state index in [9.17, 15) is 5.11 Å². The molecule has 0 amide bonds. The summed E-state index contributed by atoms with van der Waals surface area (Å²) in [5.74, 6) is 0. The van der Waals surface area contributed by atoms with Crippen LogP contribution >= 0.6 is 15.9 Å². The summed E-state index contributed by atoms with van der Waals surface area (Å²) in [6.07, 6.45) is -0.594. The quantitative estimate of drug-likeness (QED) is 0.877. The van der Waals surface area contributed by atoms with Crippen LogP contribution in [0, 0.1) is 0 Å². The first-order valence-electron chi connectivity index (χ1n) is 4.79. The van der Waals surface area contributed by atoms with Crippen LogP contribution in [0.1, 0.15) is 11.7 Å². The Bertz CT molecular complexity index is 484. The van der Waals surface area contributed by atoms with Crippen molar-refractivity contribution in [3.05, 3.63) is 46.4 Å². The van der Waals surface area contributed by atoms with Crippen molar-refractivity contribution < 1.29 is 5.11 Å². The number of fused-ring (bicyclic) bond motifs is 1. The number of nitrogens with two attached hydrogens (primary N) is 1. The molecule has 0 unspecified atom stereocenters. The van der Waals surface area contributed by atoms with Crippen molar-refractivity contribution in [2.45, 2.75) is 6.10 Å². The van der Waals surface area contributed by atoms with Gasteiger partial charge in [-0.2, -0.15) is 0 Å². The third-order valence-electron chi connectivity index (χ3n) is 2.49. The van der Waals surface area contributed by atoms with E-state index in [0.29, 0.717) is 0 Å². The Morgan fingerprint density at radius 3 is 2.47 bits per heavy atom. The van der Waals surface area contributed by atoms with Crippen molar-refractivity contribution in [2.24, 2.45) is 5.73 Å². The van der Waals surface area contributed by atoms with E-state index >= 15 is 0 Å². The Hall–Kier alpha value is -0.900. The molecule has 2 aromatic carbocycles. The molecule has 0 heterocycles. The molecule has 2 aromatic rings. The van der Waals surface area contributed by atoms with Crippen molar-refractivity contribution in [3.8, 4) is 0 Å². The van der Waals surface area contributed by atoms with Gasteiger partial charge in [-0.05, 0) is 22.4 Å². The number of halogens is 1. The van der Waals surface area contributed by atoms with Gasteiger partial charge in [0.25, 0.3) is 0 Å². The minimum Gasteiger partial charge on any atom is -0.387 e. The minimum absolute atomic E-state index is 0.242. The predicted molar refractivity (Wildman–Crippen MR) is 65.7 cm³/mol. The lowest BCUT2D eigenvalue weighted by atomic mass is 10.0. The van der Waals surface area contributed by atoms with Gasteiger partial charge in [-0.15, -0.1) is 0 Å². The van der Waals surface area contributed by atoms with E-state index in [1.165, 1.54) is 0 Å². The van der Waals surface area contributed by atoms with Crippen LogP contribution in [0.4, 0.5) is 0 Å². The highest BCUT2D eigenvalue weighted by molar-refractivity contribution is 9.10. The summed E-state index contributed by atoms with van der Waals surface area (Å²) in [6.45, 7) is 0.242. The number of aliphatic hydroxyl groups excluding tert-OH is 1. The first-order chi connectivity index (χ1) is 7.24. The zero-order chi connectivity index (χ0) is 10.8. The molecule has 0 aliphatic heterocycles. The highest BCUT2D eigenvalue weighted by atomic mass is 79.9. The molecule has 0 bridgehead atoms. The van der Waals surface area contributed by atoms with Gasteiger partial charge < -0.3 is 10.8 Å². The maximum absolute atomic E-state index is 9.78. The van der Waals surface area contributed by atoms with Crippen LogP contribution in [0.25, 0.3) is 10.8 Å². The number of benzene rings is 2. The summed E-state index contributed by atoms with van der Waals surface area (Å²) in [7, 11) is 0. The third-order valence-corrected chi connectivity index (χ3v) is 3.18. The second-order valence-electron chi connectivity index (χ2n) is 3.43. The molecule has 3 heteroatoms. The van der Waals surface area contributed by atoms with Gasteiger partial charge in [0.15, 0.2) is 0 Å². The highest BCUT2D eigenvalue weighted by Gasteiger charge is 2.10. The Kier molecular flexibility index (Phi) is 3.05. The first kappa shape index (κ1) is 10.6. The molecular weight excluding hydrogens is 254 g/mol. The maximum atomic E-state index is 9.78. The van der Waals surface area contributed by atoms with Crippen LogP contribution in [0.2, 0.25) is 0 Å². The molecule has 0 saturated carbocycles. The summed E-state index contributed by atoms with van der Waals surface area (Å²) in [5, 5.41) is 11.9. The van der Waals surface area contributed by atoms with E-state index in [0.717, 1.165) is 20.8 Å². The van der Waals surface area contributed by atoms with Crippen LogP contribution in [-0.2, 0) is 0 Å². The monoisotopic (exact) mass is 265 g/mol. The number of hydrogen-bond acceptors (Lipinski definition) is 2. The van der Waals surface area contributed by atoms with E-state index in [4.69, 9.17) is 5.73 Å². The van der Waals surface area contributed by atoms with Gasteiger partial charge in [0.2, 0.25) is 0 Å². The van der Waals surface area contributed by atoms with E-state index in [2.05, 4.69) is 15.9 Å². The van der Waals surface area contributed by atoms with Crippen molar-refractivity contribution in [1.29, 1.82) is 0 Å². The summed E-state index contributed by atoms with van der Waals surface area (Å²) >= 11 is 3.49. The fourth-order valence-electron chi connectivity index (χ4n) is 1.70. The first-order valence-corrected chi connectivity index (χ1v) is 5.58. The van der Waals surface area contributed by atoms with Gasteiger partial charge in [0, 0.05) is 11.0 Å². The van der Waals surface area contributed by atoms with Crippen LogP contribution < -0.4 is 5.73 Å². The smallest absolute Gasteiger partial charge is 0.0918 e. The van der Waals surface area contributed by atoms with Gasteiger partial charge in [0.05, 0.1) is 6.10 Å². The Balaban J connectivity index is 2.71. The van der Waals surface area contributed by atoms with Crippen LogP contribution in [0.3, 0.4) is 0 Å². The zero-order valence-corrected chi connectivity index (χ0v) is 9.74. The largest absolute Gasteiger partial charge is 0.387 e. The van der Waals surface area contributed by atoms with Crippen molar-refractivity contribution in [1.82, 2.24) is 0 Å². The molecule has 0 aromatic heterocycles. The van der Waals surface area contributed by atoms with Crippen LogP contribution in [0.5, 0.6) is 0 Å². The van der Waals surface area contributed by atoms with Gasteiger partial charge in [-0.3, -0.25) is 0 Å². The molecule has 2 nitrogen and oxygen atoms in total.